The first kappa shape index (κ1) is 16.5. The first-order chi connectivity index (χ1) is 12.1. The van der Waals surface area contributed by atoms with E-state index in [1.807, 2.05) is 61.5 Å². The van der Waals surface area contributed by atoms with Crippen LogP contribution in [0, 0.1) is 0 Å². The van der Waals surface area contributed by atoms with Crippen molar-refractivity contribution in [3.8, 4) is 17.2 Å². The van der Waals surface area contributed by atoms with Crippen LogP contribution >= 0.6 is 0 Å². The van der Waals surface area contributed by atoms with Crippen molar-refractivity contribution < 1.29 is 14.6 Å². The molecule has 1 heterocycles. The number of nitrogens with one attached hydrogen (secondary N) is 1. The molecule has 0 aliphatic rings. The van der Waals surface area contributed by atoms with Crippen LogP contribution in [0.1, 0.15) is 28.9 Å². The lowest BCUT2D eigenvalue weighted by Gasteiger charge is -2.15. The van der Waals surface area contributed by atoms with Gasteiger partial charge in [0.05, 0.1) is 17.8 Å². The lowest BCUT2D eigenvalue weighted by molar-refractivity contribution is 0.0937. The molecule has 0 fully saturated rings. The molecule has 0 radical (unpaired) electrons. The third-order valence-electron chi connectivity index (χ3n) is 3.75. The summed E-state index contributed by atoms with van der Waals surface area (Å²) in [4.78, 5) is 16.0. The monoisotopic (exact) mass is 334 g/mol. The maximum absolute atomic E-state index is 12.2. The molecule has 1 amide bonds. The van der Waals surface area contributed by atoms with Crippen LogP contribution in [0.15, 0.2) is 73.1 Å². The van der Waals surface area contributed by atoms with E-state index < -0.39 is 0 Å². The van der Waals surface area contributed by atoms with Crippen molar-refractivity contribution in [3.05, 3.63) is 84.2 Å². The molecule has 1 aromatic heterocycles. The number of benzene rings is 2. The van der Waals surface area contributed by atoms with Gasteiger partial charge in [0.25, 0.3) is 5.91 Å². The molecule has 0 spiro atoms. The van der Waals surface area contributed by atoms with E-state index in [4.69, 9.17) is 4.74 Å². The standard InChI is InChI=1S/C20H18N2O3/c1-14(22-20(24)18-11-12-21-13-19(18)23)15-7-9-17(10-8-15)25-16-5-3-2-4-6-16/h2-14,23H,1H3,(H,22,24). The first-order valence-corrected chi connectivity index (χ1v) is 7.90. The molecule has 3 aromatic rings. The van der Waals surface area contributed by atoms with Crippen molar-refractivity contribution >= 4 is 5.91 Å². The summed E-state index contributed by atoms with van der Waals surface area (Å²) in [5.41, 5.74) is 1.13. The summed E-state index contributed by atoms with van der Waals surface area (Å²) >= 11 is 0. The molecule has 0 saturated carbocycles. The molecule has 2 N–H and O–H groups in total. The second-order valence-electron chi connectivity index (χ2n) is 5.57. The minimum Gasteiger partial charge on any atom is -0.505 e. The highest BCUT2D eigenvalue weighted by Crippen LogP contribution is 2.23. The average Bonchev–Trinajstić information content (AvgIpc) is 2.63. The first-order valence-electron chi connectivity index (χ1n) is 7.90. The molecular weight excluding hydrogens is 316 g/mol. The van der Waals surface area contributed by atoms with Crippen LogP contribution in [0.5, 0.6) is 17.2 Å². The van der Waals surface area contributed by atoms with Crippen LogP contribution in [0.3, 0.4) is 0 Å². The van der Waals surface area contributed by atoms with Crippen LogP contribution in [-0.2, 0) is 0 Å². The van der Waals surface area contributed by atoms with Gasteiger partial charge in [0.1, 0.15) is 17.2 Å². The van der Waals surface area contributed by atoms with E-state index in [9.17, 15) is 9.90 Å². The number of carbonyl (C=O) groups excluding carboxylic acids is 1. The molecule has 0 saturated heterocycles. The number of rotatable bonds is 5. The quantitative estimate of drug-likeness (QED) is 0.738. The van der Waals surface area contributed by atoms with E-state index in [2.05, 4.69) is 10.3 Å². The highest BCUT2D eigenvalue weighted by molar-refractivity contribution is 5.96. The van der Waals surface area contributed by atoms with Crippen molar-refractivity contribution in [3.63, 3.8) is 0 Å². The predicted octanol–water partition coefficient (Wildman–Crippen LogP) is 4.07. The molecule has 25 heavy (non-hydrogen) atoms. The molecule has 126 valence electrons. The Morgan fingerprint density at radius 3 is 2.40 bits per heavy atom. The lowest BCUT2D eigenvalue weighted by Crippen LogP contribution is -2.26. The van der Waals surface area contributed by atoms with Crippen molar-refractivity contribution in [2.24, 2.45) is 0 Å². The Morgan fingerprint density at radius 2 is 1.72 bits per heavy atom. The summed E-state index contributed by atoms with van der Waals surface area (Å²) in [5.74, 6) is 1.00. The Balaban J connectivity index is 1.65. The van der Waals surface area contributed by atoms with Crippen molar-refractivity contribution in [2.45, 2.75) is 13.0 Å². The number of hydrogen-bond acceptors (Lipinski definition) is 4. The second kappa shape index (κ2) is 7.49. The molecular formula is C20H18N2O3. The van der Waals surface area contributed by atoms with Crippen molar-refractivity contribution in [1.82, 2.24) is 10.3 Å². The van der Waals surface area contributed by atoms with Crippen molar-refractivity contribution in [1.29, 1.82) is 0 Å². The molecule has 3 rings (SSSR count). The van der Waals surface area contributed by atoms with Gasteiger partial charge in [0.15, 0.2) is 0 Å². The summed E-state index contributed by atoms with van der Waals surface area (Å²) in [6.07, 6.45) is 2.71. The number of aromatic nitrogens is 1. The highest BCUT2D eigenvalue weighted by atomic mass is 16.5. The van der Waals surface area contributed by atoms with Crippen LogP contribution in [0.25, 0.3) is 0 Å². The van der Waals surface area contributed by atoms with E-state index in [1.54, 1.807) is 0 Å². The molecule has 5 heteroatoms. The molecule has 1 atom stereocenters. The number of carbonyl (C=O) groups is 1. The Kier molecular flexibility index (Phi) is 4.95. The number of pyridine rings is 1. The van der Waals surface area contributed by atoms with Gasteiger partial charge in [-0.25, -0.2) is 0 Å². The maximum Gasteiger partial charge on any atom is 0.255 e. The zero-order valence-corrected chi connectivity index (χ0v) is 13.7. The van der Waals surface area contributed by atoms with Gasteiger partial charge < -0.3 is 15.2 Å². The van der Waals surface area contributed by atoms with Gasteiger partial charge in [0, 0.05) is 6.20 Å². The minimum atomic E-state index is -0.350. The van der Waals surface area contributed by atoms with E-state index in [0.717, 1.165) is 17.1 Å². The maximum atomic E-state index is 12.2. The van der Waals surface area contributed by atoms with Crippen LogP contribution < -0.4 is 10.1 Å². The summed E-state index contributed by atoms with van der Waals surface area (Å²) < 4.78 is 5.75. The van der Waals surface area contributed by atoms with E-state index >= 15 is 0 Å². The lowest BCUT2D eigenvalue weighted by atomic mass is 10.1. The van der Waals surface area contributed by atoms with Gasteiger partial charge in [-0.3, -0.25) is 9.78 Å². The fourth-order valence-electron chi connectivity index (χ4n) is 2.39. The number of amides is 1. The SMILES string of the molecule is CC(NC(=O)c1ccncc1O)c1ccc(Oc2ccccc2)cc1. The Hall–Kier alpha value is -3.34. The molecule has 1 unspecified atom stereocenters. The minimum absolute atomic E-state index is 0.140. The Morgan fingerprint density at radius 1 is 1.04 bits per heavy atom. The van der Waals surface area contributed by atoms with Crippen LogP contribution in [0.2, 0.25) is 0 Å². The summed E-state index contributed by atoms with van der Waals surface area (Å²) in [5, 5.41) is 12.6. The number of aromatic hydroxyl groups is 1. The average molecular weight is 334 g/mol. The fourth-order valence-corrected chi connectivity index (χ4v) is 2.39. The van der Waals surface area contributed by atoms with Gasteiger partial charge in [-0.1, -0.05) is 30.3 Å². The number of hydrogen-bond donors (Lipinski definition) is 2. The summed E-state index contributed by atoms with van der Waals surface area (Å²) in [6.45, 7) is 1.88. The zero-order chi connectivity index (χ0) is 17.6. The zero-order valence-electron chi connectivity index (χ0n) is 13.7. The molecule has 5 nitrogen and oxygen atoms in total. The van der Waals surface area contributed by atoms with Gasteiger partial charge in [-0.2, -0.15) is 0 Å². The summed E-state index contributed by atoms with van der Waals surface area (Å²) in [6, 6.07) is 18.3. The third kappa shape index (κ3) is 4.14. The van der Waals surface area contributed by atoms with Gasteiger partial charge in [-0.15, -0.1) is 0 Å². The molecule has 2 aromatic carbocycles. The molecule has 0 bridgehead atoms. The van der Waals surface area contributed by atoms with E-state index in [1.165, 1.54) is 18.5 Å². The van der Waals surface area contributed by atoms with Crippen molar-refractivity contribution in [2.75, 3.05) is 0 Å². The molecule has 0 aliphatic carbocycles. The highest BCUT2D eigenvalue weighted by Gasteiger charge is 2.14. The second-order valence-corrected chi connectivity index (χ2v) is 5.57. The Labute approximate surface area is 145 Å². The number of para-hydroxylation sites is 1. The topological polar surface area (TPSA) is 71.5 Å². The van der Waals surface area contributed by atoms with E-state index in [-0.39, 0.29) is 23.3 Å². The fraction of sp³-hybridized carbons (Fsp3) is 0.100. The van der Waals surface area contributed by atoms with E-state index in [0.29, 0.717) is 0 Å². The third-order valence-corrected chi connectivity index (χ3v) is 3.75. The normalized spacial score (nSPS) is 11.6. The van der Waals surface area contributed by atoms with Gasteiger partial charge >= 0.3 is 0 Å². The van der Waals surface area contributed by atoms with Gasteiger partial charge in [-0.05, 0) is 42.8 Å². The largest absolute Gasteiger partial charge is 0.505 e. The number of nitrogens with zero attached hydrogens (tertiary/aromatic N) is 1. The summed E-state index contributed by atoms with van der Waals surface area (Å²) in [7, 11) is 0. The Bertz CT molecular complexity index is 848. The van der Waals surface area contributed by atoms with Gasteiger partial charge in [0.2, 0.25) is 0 Å². The van der Waals surface area contributed by atoms with Crippen LogP contribution in [0.4, 0.5) is 0 Å². The number of ether oxygens (including phenoxy) is 1. The predicted molar refractivity (Wildman–Crippen MR) is 94.7 cm³/mol. The smallest absolute Gasteiger partial charge is 0.255 e. The van der Waals surface area contributed by atoms with Crippen LogP contribution in [-0.4, -0.2) is 16.0 Å². The molecule has 0 aliphatic heterocycles.